The van der Waals surface area contributed by atoms with E-state index in [0.717, 1.165) is 24.9 Å². The predicted octanol–water partition coefficient (Wildman–Crippen LogP) is 2.20. The lowest BCUT2D eigenvalue weighted by Gasteiger charge is -2.13. The van der Waals surface area contributed by atoms with Crippen LogP contribution < -0.4 is 10.6 Å². The molecule has 1 aliphatic rings. The first-order valence-corrected chi connectivity index (χ1v) is 6.71. The number of fused-ring (bicyclic) bond motifs is 1. The Labute approximate surface area is 113 Å². The molecule has 0 aromatic heterocycles. The smallest absolute Gasteiger partial charge is 0.221 e. The molecule has 0 fully saturated rings. The van der Waals surface area contributed by atoms with Crippen LogP contribution >= 0.6 is 0 Å². The Morgan fingerprint density at radius 1 is 1.26 bits per heavy atom. The van der Waals surface area contributed by atoms with Crippen molar-refractivity contribution in [2.75, 3.05) is 11.9 Å². The van der Waals surface area contributed by atoms with Gasteiger partial charge in [0.1, 0.15) is 0 Å². The Bertz CT molecular complexity index is 497. The number of anilines is 1. The van der Waals surface area contributed by atoms with Crippen molar-refractivity contribution in [3.63, 3.8) is 0 Å². The van der Waals surface area contributed by atoms with Gasteiger partial charge in [0, 0.05) is 26.1 Å². The number of aryl methyl sites for hydroxylation is 1. The number of carbonyl (C=O) groups is 2. The van der Waals surface area contributed by atoms with Gasteiger partial charge in [-0.15, -0.1) is 0 Å². The van der Waals surface area contributed by atoms with Crippen molar-refractivity contribution in [1.82, 2.24) is 5.32 Å². The van der Waals surface area contributed by atoms with Crippen LogP contribution in [0.3, 0.4) is 0 Å². The molecule has 1 aromatic carbocycles. The van der Waals surface area contributed by atoms with Gasteiger partial charge in [-0.1, -0.05) is 6.07 Å². The van der Waals surface area contributed by atoms with Gasteiger partial charge in [-0.2, -0.15) is 0 Å². The number of rotatable bonds is 4. The summed E-state index contributed by atoms with van der Waals surface area (Å²) < 4.78 is 0. The van der Waals surface area contributed by atoms with Crippen molar-refractivity contribution >= 4 is 17.5 Å². The molecule has 0 bridgehead atoms. The number of hydrogen-bond donors (Lipinski definition) is 2. The van der Waals surface area contributed by atoms with Crippen LogP contribution in [0.5, 0.6) is 0 Å². The van der Waals surface area contributed by atoms with Gasteiger partial charge in [0.2, 0.25) is 11.8 Å². The molecule has 2 N–H and O–H groups in total. The number of nitrogens with one attached hydrogen (secondary N) is 2. The molecule has 2 rings (SSSR count). The van der Waals surface area contributed by atoms with E-state index in [1.54, 1.807) is 0 Å². The van der Waals surface area contributed by atoms with E-state index in [0.29, 0.717) is 12.5 Å². The Kier molecular flexibility index (Phi) is 4.20. The van der Waals surface area contributed by atoms with Crippen molar-refractivity contribution in [1.29, 1.82) is 0 Å². The maximum absolute atomic E-state index is 11.1. The summed E-state index contributed by atoms with van der Waals surface area (Å²) in [6.07, 6.45) is 3.16. The number of amides is 2. The monoisotopic (exact) mass is 260 g/mol. The van der Waals surface area contributed by atoms with Gasteiger partial charge in [-0.25, -0.2) is 0 Å². The first kappa shape index (κ1) is 13.6. The van der Waals surface area contributed by atoms with Crippen molar-refractivity contribution < 1.29 is 9.59 Å². The average Bonchev–Trinajstić information content (AvgIpc) is 2.71. The molecule has 0 radical (unpaired) electrons. The summed E-state index contributed by atoms with van der Waals surface area (Å²) in [5, 5.41) is 5.66. The summed E-state index contributed by atoms with van der Waals surface area (Å²) >= 11 is 0. The molecule has 19 heavy (non-hydrogen) atoms. The lowest BCUT2D eigenvalue weighted by Crippen LogP contribution is -2.22. The Hall–Kier alpha value is -1.84. The summed E-state index contributed by atoms with van der Waals surface area (Å²) in [5.41, 5.74) is 3.54. The second kappa shape index (κ2) is 5.87. The van der Waals surface area contributed by atoms with E-state index in [1.165, 1.54) is 25.0 Å². The van der Waals surface area contributed by atoms with Crippen LogP contribution in [0.25, 0.3) is 0 Å². The molecule has 102 valence electrons. The Morgan fingerprint density at radius 2 is 2.05 bits per heavy atom. The predicted molar refractivity (Wildman–Crippen MR) is 75.1 cm³/mol. The van der Waals surface area contributed by atoms with Crippen molar-refractivity contribution in [3.05, 3.63) is 29.3 Å². The van der Waals surface area contributed by atoms with E-state index in [9.17, 15) is 9.59 Å². The van der Waals surface area contributed by atoms with E-state index in [-0.39, 0.29) is 11.8 Å². The number of carbonyl (C=O) groups excluding carboxylic acids is 2. The lowest BCUT2D eigenvalue weighted by molar-refractivity contribution is -0.119. The summed E-state index contributed by atoms with van der Waals surface area (Å²) in [5.74, 6) is 0.452. The van der Waals surface area contributed by atoms with Gasteiger partial charge in [-0.05, 0) is 48.4 Å². The topological polar surface area (TPSA) is 58.2 Å². The average molecular weight is 260 g/mol. The molecule has 0 aliphatic heterocycles. The van der Waals surface area contributed by atoms with Crippen LogP contribution in [0.2, 0.25) is 0 Å². The fraction of sp³-hybridized carbons (Fsp3) is 0.467. The summed E-state index contributed by atoms with van der Waals surface area (Å²) in [7, 11) is 0. The third-order valence-electron chi connectivity index (χ3n) is 3.53. The third kappa shape index (κ3) is 3.56. The third-order valence-corrected chi connectivity index (χ3v) is 3.53. The molecule has 1 aliphatic carbocycles. The zero-order valence-corrected chi connectivity index (χ0v) is 11.5. The Morgan fingerprint density at radius 3 is 2.74 bits per heavy atom. The maximum atomic E-state index is 11.1. The first-order chi connectivity index (χ1) is 9.06. The molecule has 0 heterocycles. The fourth-order valence-corrected chi connectivity index (χ4v) is 2.69. The molecule has 1 atom stereocenters. The highest BCUT2D eigenvalue weighted by molar-refractivity contribution is 5.88. The minimum absolute atomic E-state index is 0.0187. The second-order valence-corrected chi connectivity index (χ2v) is 5.10. The second-order valence-electron chi connectivity index (χ2n) is 5.10. The van der Waals surface area contributed by atoms with E-state index < -0.39 is 0 Å². The number of hydrogen-bond acceptors (Lipinski definition) is 2. The van der Waals surface area contributed by atoms with Crippen molar-refractivity contribution in [2.24, 2.45) is 0 Å². The van der Waals surface area contributed by atoms with Gasteiger partial charge >= 0.3 is 0 Å². The van der Waals surface area contributed by atoms with Crippen LogP contribution in [-0.4, -0.2) is 18.4 Å². The standard InChI is InChI=1S/C15H20N2O2/c1-10(18)16-8-7-13-4-3-12-5-6-14(9-15(12)13)17-11(2)19/h5-6,9,13H,3-4,7-8H2,1-2H3,(H,16,18)(H,17,19)/t13-/m0/s1. The lowest BCUT2D eigenvalue weighted by atomic mass is 9.97. The van der Waals surface area contributed by atoms with Crippen LogP contribution in [-0.2, 0) is 16.0 Å². The zero-order chi connectivity index (χ0) is 13.8. The first-order valence-electron chi connectivity index (χ1n) is 6.71. The summed E-state index contributed by atoms with van der Waals surface area (Å²) in [6, 6.07) is 6.12. The molecule has 0 saturated carbocycles. The molecule has 0 unspecified atom stereocenters. The molecule has 0 saturated heterocycles. The SMILES string of the molecule is CC(=O)NCC[C@@H]1CCc2ccc(NC(C)=O)cc21. The largest absolute Gasteiger partial charge is 0.356 e. The normalized spacial score (nSPS) is 16.8. The molecular weight excluding hydrogens is 240 g/mol. The highest BCUT2D eigenvalue weighted by Gasteiger charge is 2.22. The van der Waals surface area contributed by atoms with Crippen LogP contribution in [0.1, 0.15) is 43.7 Å². The van der Waals surface area contributed by atoms with E-state index in [2.05, 4.69) is 22.8 Å². The van der Waals surface area contributed by atoms with Crippen molar-refractivity contribution in [3.8, 4) is 0 Å². The van der Waals surface area contributed by atoms with E-state index >= 15 is 0 Å². The highest BCUT2D eigenvalue weighted by Crippen LogP contribution is 2.36. The minimum Gasteiger partial charge on any atom is -0.356 e. The summed E-state index contributed by atoms with van der Waals surface area (Å²) in [6.45, 7) is 3.77. The molecular formula is C15H20N2O2. The molecule has 0 spiro atoms. The van der Waals surface area contributed by atoms with Crippen molar-refractivity contribution in [2.45, 2.75) is 39.0 Å². The van der Waals surface area contributed by atoms with Gasteiger partial charge < -0.3 is 10.6 Å². The van der Waals surface area contributed by atoms with Gasteiger partial charge in [0.05, 0.1) is 0 Å². The minimum atomic E-state index is -0.0484. The van der Waals surface area contributed by atoms with Gasteiger partial charge in [-0.3, -0.25) is 9.59 Å². The fourth-order valence-electron chi connectivity index (χ4n) is 2.69. The van der Waals surface area contributed by atoms with Crippen LogP contribution in [0.4, 0.5) is 5.69 Å². The molecule has 1 aromatic rings. The summed E-state index contributed by atoms with van der Waals surface area (Å²) in [4.78, 5) is 22.0. The van der Waals surface area contributed by atoms with E-state index in [4.69, 9.17) is 0 Å². The molecule has 2 amide bonds. The Balaban J connectivity index is 2.04. The van der Waals surface area contributed by atoms with Crippen LogP contribution in [0, 0.1) is 0 Å². The highest BCUT2D eigenvalue weighted by atomic mass is 16.2. The van der Waals surface area contributed by atoms with E-state index in [1.807, 2.05) is 6.07 Å². The zero-order valence-electron chi connectivity index (χ0n) is 11.5. The van der Waals surface area contributed by atoms with Crippen LogP contribution in [0.15, 0.2) is 18.2 Å². The maximum Gasteiger partial charge on any atom is 0.221 e. The molecule has 4 heteroatoms. The molecule has 4 nitrogen and oxygen atoms in total. The van der Waals surface area contributed by atoms with Gasteiger partial charge in [0.15, 0.2) is 0 Å². The van der Waals surface area contributed by atoms with Gasteiger partial charge in [0.25, 0.3) is 0 Å². The quantitative estimate of drug-likeness (QED) is 0.872. The number of benzene rings is 1.